The number of ether oxygens (including phenoxy) is 1. The molecule has 2 N–H and O–H groups in total. The normalized spacial score (nSPS) is 12.1. The molecule has 0 bridgehead atoms. The van der Waals surface area contributed by atoms with Crippen molar-refractivity contribution in [2.45, 2.75) is 26.9 Å². The molecule has 0 amide bonds. The molecular weight excluding hydrogens is 250 g/mol. The van der Waals surface area contributed by atoms with Crippen LogP contribution < -0.4 is 17.1 Å². The molecule has 1 aromatic rings. The molecule has 4 heteroatoms. The van der Waals surface area contributed by atoms with Crippen molar-refractivity contribution in [2.24, 2.45) is 0 Å². The number of benzene rings is 1. The summed E-state index contributed by atoms with van der Waals surface area (Å²) in [7, 11) is 6.56. The molecule has 1 aromatic carbocycles. The van der Waals surface area contributed by atoms with E-state index in [1.165, 1.54) is 11.1 Å². The van der Waals surface area contributed by atoms with Crippen LogP contribution in [0.25, 0.3) is 0 Å². The van der Waals surface area contributed by atoms with Crippen LogP contribution in [0.2, 0.25) is 0 Å². The highest BCUT2D eigenvalue weighted by Crippen LogP contribution is 2.23. The van der Waals surface area contributed by atoms with E-state index in [9.17, 15) is 0 Å². The quantitative estimate of drug-likeness (QED) is 0.647. The maximum absolute atomic E-state index is 6.04. The summed E-state index contributed by atoms with van der Waals surface area (Å²) >= 11 is 0. The highest BCUT2D eigenvalue weighted by molar-refractivity contribution is 5.39. The number of likely N-dealkylation sites (N-methyl/N-ethyl adjacent to an activating group) is 1. The minimum Gasteiger partial charge on any atom is -1.00 e. The van der Waals surface area contributed by atoms with Crippen LogP contribution in [-0.2, 0) is 0 Å². The summed E-state index contributed by atoms with van der Waals surface area (Å²) in [6.45, 7) is 7.34. The second-order valence-corrected chi connectivity index (χ2v) is 5.62. The van der Waals surface area contributed by atoms with E-state index in [2.05, 4.69) is 60.1 Å². The van der Waals surface area contributed by atoms with Gasteiger partial charge in [0.15, 0.2) is 0 Å². The summed E-state index contributed by atoms with van der Waals surface area (Å²) in [5.74, 6) is 1.04. The van der Waals surface area contributed by atoms with Gasteiger partial charge in [-0.1, -0.05) is 18.2 Å². The minimum absolute atomic E-state index is 0. The van der Waals surface area contributed by atoms with Crippen LogP contribution in [0.4, 0.5) is 0 Å². The van der Waals surface area contributed by atoms with E-state index >= 15 is 0 Å². The summed E-state index contributed by atoms with van der Waals surface area (Å²) in [6.07, 6.45) is 0.236. The highest BCUT2D eigenvalue weighted by Gasteiger charge is 2.16. The van der Waals surface area contributed by atoms with Crippen LogP contribution in [0.5, 0.6) is 5.75 Å². The molecule has 0 saturated heterocycles. The summed E-state index contributed by atoms with van der Waals surface area (Å²) in [6, 6.07) is 6.27. The average Bonchev–Trinajstić information content (AvgIpc) is 2.08. The zero-order valence-corrected chi connectivity index (χ0v) is 13.0. The van der Waals surface area contributed by atoms with Crippen molar-refractivity contribution in [3.05, 3.63) is 29.3 Å². The Morgan fingerprint density at radius 1 is 1.11 bits per heavy atom. The minimum atomic E-state index is 0. The summed E-state index contributed by atoms with van der Waals surface area (Å²) in [5.41, 5.74) is 2.43. The smallest absolute Gasteiger partial charge is 0.145 e. The molecule has 0 saturated carbocycles. The van der Waals surface area contributed by atoms with E-state index in [1.54, 1.807) is 0 Å². The van der Waals surface area contributed by atoms with Crippen LogP contribution in [0.15, 0.2) is 18.2 Å². The second-order valence-electron chi connectivity index (χ2n) is 5.62. The Labute approximate surface area is 117 Å². The fourth-order valence-electron chi connectivity index (χ4n) is 1.99. The van der Waals surface area contributed by atoms with Gasteiger partial charge in [-0.3, -0.25) is 0 Å². The number of quaternary nitrogens is 1. The van der Waals surface area contributed by atoms with E-state index in [0.29, 0.717) is 0 Å². The SMILES string of the molecule is Cc1cccc(C)c1OC(C)C[N+](C)(C)C.O.[Cl-]. The zero-order chi connectivity index (χ0) is 12.3. The van der Waals surface area contributed by atoms with Crippen molar-refractivity contribution in [3.63, 3.8) is 0 Å². The molecule has 0 spiro atoms. The monoisotopic (exact) mass is 275 g/mol. The molecule has 0 heterocycles. The fourth-order valence-corrected chi connectivity index (χ4v) is 1.99. The first-order chi connectivity index (χ1) is 7.29. The van der Waals surface area contributed by atoms with Crippen molar-refractivity contribution in [1.29, 1.82) is 0 Å². The Morgan fingerprint density at radius 3 is 1.94 bits per heavy atom. The highest BCUT2D eigenvalue weighted by atomic mass is 35.5. The Hall–Kier alpha value is -0.770. The first kappa shape index (κ1) is 19.6. The lowest BCUT2D eigenvalue weighted by Crippen LogP contribution is -3.00. The maximum Gasteiger partial charge on any atom is 0.145 e. The summed E-state index contributed by atoms with van der Waals surface area (Å²) in [5, 5.41) is 0. The van der Waals surface area contributed by atoms with E-state index in [1.807, 2.05) is 0 Å². The predicted octanol–water partition coefficient (Wildman–Crippen LogP) is -1.04. The third-order valence-electron chi connectivity index (χ3n) is 2.53. The van der Waals surface area contributed by atoms with Crippen molar-refractivity contribution in [3.8, 4) is 5.75 Å². The van der Waals surface area contributed by atoms with Crippen molar-refractivity contribution in [1.82, 2.24) is 0 Å². The fraction of sp³-hybridized carbons (Fsp3) is 0.571. The first-order valence-corrected chi connectivity index (χ1v) is 5.83. The maximum atomic E-state index is 6.04. The molecule has 18 heavy (non-hydrogen) atoms. The van der Waals surface area contributed by atoms with Gasteiger partial charge in [-0.15, -0.1) is 0 Å². The number of hydrogen-bond donors (Lipinski definition) is 0. The Balaban J connectivity index is 0. The van der Waals surface area contributed by atoms with E-state index in [-0.39, 0.29) is 24.0 Å². The lowest BCUT2D eigenvalue weighted by molar-refractivity contribution is -0.872. The Kier molecular flexibility index (Phi) is 8.28. The topological polar surface area (TPSA) is 40.7 Å². The van der Waals surface area contributed by atoms with Gasteiger partial charge >= 0.3 is 0 Å². The summed E-state index contributed by atoms with van der Waals surface area (Å²) in [4.78, 5) is 0. The van der Waals surface area contributed by atoms with Gasteiger partial charge in [0.1, 0.15) is 18.4 Å². The molecule has 106 valence electrons. The van der Waals surface area contributed by atoms with Crippen LogP contribution in [0, 0.1) is 13.8 Å². The molecule has 1 unspecified atom stereocenters. The largest absolute Gasteiger partial charge is 1.00 e. The van der Waals surface area contributed by atoms with Crippen molar-refractivity contribution in [2.75, 3.05) is 27.7 Å². The number of aryl methyl sites for hydroxylation is 2. The van der Waals surface area contributed by atoms with Gasteiger partial charge < -0.3 is 27.1 Å². The molecule has 0 fully saturated rings. The lowest BCUT2D eigenvalue weighted by atomic mass is 10.1. The van der Waals surface area contributed by atoms with Gasteiger partial charge in [0.05, 0.1) is 21.1 Å². The molecule has 1 rings (SSSR count). The van der Waals surface area contributed by atoms with Gasteiger partial charge in [-0.05, 0) is 31.9 Å². The Morgan fingerprint density at radius 2 is 1.56 bits per heavy atom. The Bertz CT molecular complexity index is 341. The summed E-state index contributed by atoms with van der Waals surface area (Å²) < 4.78 is 6.96. The molecule has 0 radical (unpaired) electrons. The van der Waals surface area contributed by atoms with Crippen LogP contribution in [0.1, 0.15) is 18.1 Å². The number of halogens is 1. The van der Waals surface area contributed by atoms with Gasteiger partial charge in [0, 0.05) is 0 Å². The molecular formula is C14H26ClNO2. The molecule has 0 aliphatic rings. The van der Waals surface area contributed by atoms with Gasteiger partial charge in [0.25, 0.3) is 0 Å². The molecule has 0 aliphatic carbocycles. The zero-order valence-electron chi connectivity index (χ0n) is 12.2. The number of para-hydroxylation sites is 1. The molecule has 0 aliphatic heterocycles. The van der Waals surface area contributed by atoms with Gasteiger partial charge in [0.2, 0.25) is 0 Å². The molecule has 1 atom stereocenters. The van der Waals surface area contributed by atoms with E-state index in [4.69, 9.17) is 4.74 Å². The standard InChI is InChI=1S/C14H24NO.ClH.H2O/c1-11-8-7-9-12(2)14(11)16-13(3)10-15(4,5)6;;/h7-9,13H,10H2,1-6H3;1H;1H2/q+1;;/p-1. The van der Waals surface area contributed by atoms with Crippen LogP contribution >= 0.6 is 0 Å². The lowest BCUT2D eigenvalue weighted by Gasteiger charge is -2.28. The van der Waals surface area contributed by atoms with Gasteiger partial charge in [-0.25, -0.2) is 0 Å². The van der Waals surface area contributed by atoms with Crippen LogP contribution in [-0.4, -0.2) is 43.8 Å². The van der Waals surface area contributed by atoms with Crippen molar-refractivity contribution < 1.29 is 27.1 Å². The van der Waals surface area contributed by atoms with E-state index in [0.717, 1.165) is 16.8 Å². The molecule has 3 nitrogen and oxygen atoms in total. The van der Waals surface area contributed by atoms with E-state index < -0.39 is 0 Å². The second kappa shape index (κ2) is 7.62. The number of hydrogen-bond acceptors (Lipinski definition) is 1. The number of rotatable bonds is 4. The van der Waals surface area contributed by atoms with Gasteiger partial charge in [-0.2, -0.15) is 0 Å². The first-order valence-electron chi connectivity index (χ1n) is 5.83. The predicted molar refractivity (Wildman–Crippen MR) is 72.5 cm³/mol. The number of nitrogens with zero attached hydrogens (tertiary/aromatic N) is 1. The van der Waals surface area contributed by atoms with Crippen LogP contribution in [0.3, 0.4) is 0 Å². The third-order valence-corrected chi connectivity index (χ3v) is 2.53. The van der Waals surface area contributed by atoms with Crippen molar-refractivity contribution >= 4 is 0 Å². The molecule has 0 aromatic heterocycles. The average molecular weight is 276 g/mol. The third kappa shape index (κ3) is 6.24.